The van der Waals surface area contributed by atoms with Crippen LogP contribution in [0.25, 0.3) is 17.0 Å². The molecule has 30 heavy (non-hydrogen) atoms. The third kappa shape index (κ3) is 4.02. The van der Waals surface area contributed by atoms with Gasteiger partial charge in [0.15, 0.2) is 5.17 Å². The summed E-state index contributed by atoms with van der Waals surface area (Å²) in [4.78, 5) is 32.1. The lowest BCUT2D eigenvalue weighted by Gasteiger charge is -2.08. The van der Waals surface area contributed by atoms with Crippen molar-refractivity contribution in [3.8, 4) is 0 Å². The number of rotatable bonds is 3. The molecule has 0 radical (unpaired) electrons. The average Bonchev–Trinajstić information content (AvgIpc) is 3.04. The summed E-state index contributed by atoms with van der Waals surface area (Å²) in [6, 6.07) is 10.2. The van der Waals surface area contributed by atoms with Gasteiger partial charge < -0.3 is 10.4 Å². The van der Waals surface area contributed by atoms with Gasteiger partial charge in [0.25, 0.3) is 5.91 Å². The van der Waals surface area contributed by atoms with E-state index in [1.165, 1.54) is 6.20 Å². The van der Waals surface area contributed by atoms with Gasteiger partial charge in [0, 0.05) is 11.6 Å². The van der Waals surface area contributed by atoms with Crippen molar-refractivity contribution in [2.24, 2.45) is 4.99 Å². The van der Waals surface area contributed by atoms with E-state index < -0.39 is 11.9 Å². The van der Waals surface area contributed by atoms with Crippen LogP contribution in [0.2, 0.25) is 15.1 Å². The smallest absolute Gasteiger partial charge is 0.338 e. The number of nitrogens with one attached hydrogen (secondary N) is 1. The maximum absolute atomic E-state index is 12.3. The zero-order valence-corrected chi connectivity index (χ0v) is 17.9. The van der Waals surface area contributed by atoms with Crippen LogP contribution in [0.3, 0.4) is 0 Å². The molecule has 2 heterocycles. The highest BCUT2D eigenvalue weighted by atomic mass is 35.5. The van der Waals surface area contributed by atoms with E-state index in [2.05, 4.69) is 15.3 Å². The number of carbonyl (C=O) groups is 2. The first kappa shape index (κ1) is 20.7. The van der Waals surface area contributed by atoms with Gasteiger partial charge in [-0.05, 0) is 47.7 Å². The molecular formula is C20H10Cl3N3O3S. The zero-order valence-electron chi connectivity index (χ0n) is 14.8. The van der Waals surface area contributed by atoms with Crippen molar-refractivity contribution in [2.75, 3.05) is 5.32 Å². The number of pyridine rings is 1. The summed E-state index contributed by atoms with van der Waals surface area (Å²) < 4.78 is 0. The van der Waals surface area contributed by atoms with Crippen LogP contribution >= 0.6 is 46.6 Å². The summed E-state index contributed by atoms with van der Waals surface area (Å²) in [5.41, 5.74) is 1.57. The van der Waals surface area contributed by atoms with Gasteiger partial charge in [0.05, 0.1) is 36.7 Å². The monoisotopic (exact) mass is 477 g/mol. The molecule has 2 aromatic carbocycles. The Hall–Kier alpha value is -2.58. The van der Waals surface area contributed by atoms with Crippen LogP contribution < -0.4 is 5.32 Å². The first-order valence-corrected chi connectivity index (χ1v) is 10.3. The van der Waals surface area contributed by atoms with Gasteiger partial charge in [-0.2, -0.15) is 4.99 Å². The second-order valence-corrected chi connectivity index (χ2v) is 8.35. The predicted octanol–water partition coefficient (Wildman–Crippen LogP) is 5.98. The van der Waals surface area contributed by atoms with E-state index in [0.29, 0.717) is 42.3 Å². The molecule has 4 rings (SSSR count). The molecule has 1 amide bonds. The van der Waals surface area contributed by atoms with Crippen molar-refractivity contribution in [3.05, 3.63) is 73.7 Å². The van der Waals surface area contributed by atoms with E-state index in [-0.39, 0.29) is 10.6 Å². The molecule has 1 aliphatic rings. The number of para-hydroxylation sites is 1. The van der Waals surface area contributed by atoms with E-state index in [1.54, 1.807) is 42.5 Å². The number of aromatic nitrogens is 1. The van der Waals surface area contributed by atoms with Crippen LogP contribution in [0.5, 0.6) is 0 Å². The number of aliphatic imine (C=N–C) groups is 1. The number of amidine groups is 1. The Kier molecular flexibility index (Phi) is 5.71. The Labute approximate surface area is 189 Å². The number of halogens is 3. The molecule has 6 nitrogen and oxygen atoms in total. The van der Waals surface area contributed by atoms with E-state index in [9.17, 15) is 14.7 Å². The molecule has 0 saturated carbocycles. The molecule has 0 bridgehead atoms. The number of nitrogens with zero attached hydrogens (tertiary/aromatic N) is 2. The van der Waals surface area contributed by atoms with E-state index in [1.807, 2.05) is 0 Å². The predicted molar refractivity (Wildman–Crippen MR) is 122 cm³/mol. The Bertz CT molecular complexity index is 1270. The minimum absolute atomic E-state index is 0.0881. The second kappa shape index (κ2) is 8.28. The SMILES string of the molecule is O=C1N=C(Nc2c(Cl)cccc2Cl)SC1=Cc1ccc2ncc(C(=O)O)c(Cl)c2c1. The van der Waals surface area contributed by atoms with Gasteiger partial charge >= 0.3 is 5.97 Å². The number of benzene rings is 2. The van der Waals surface area contributed by atoms with Gasteiger partial charge in [-0.25, -0.2) is 4.79 Å². The molecule has 10 heteroatoms. The number of amides is 1. The van der Waals surface area contributed by atoms with Crippen LogP contribution in [0, 0.1) is 0 Å². The topological polar surface area (TPSA) is 91.7 Å². The van der Waals surface area contributed by atoms with Crippen LogP contribution in [0.15, 0.2) is 52.5 Å². The highest BCUT2D eigenvalue weighted by Crippen LogP contribution is 2.35. The molecule has 0 atom stereocenters. The maximum atomic E-state index is 12.3. The quantitative estimate of drug-likeness (QED) is 0.450. The Morgan fingerprint density at radius 2 is 1.87 bits per heavy atom. The van der Waals surface area contributed by atoms with Crippen LogP contribution in [-0.2, 0) is 4.79 Å². The normalized spacial score (nSPS) is 15.0. The largest absolute Gasteiger partial charge is 0.478 e. The summed E-state index contributed by atoms with van der Waals surface area (Å²) in [6.45, 7) is 0. The number of anilines is 1. The van der Waals surface area contributed by atoms with Crippen LogP contribution in [0.4, 0.5) is 5.69 Å². The van der Waals surface area contributed by atoms with Crippen molar-refractivity contribution in [2.45, 2.75) is 0 Å². The Balaban J connectivity index is 1.63. The van der Waals surface area contributed by atoms with Crippen LogP contribution in [-0.4, -0.2) is 27.1 Å². The lowest BCUT2D eigenvalue weighted by atomic mass is 10.1. The number of fused-ring (bicyclic) bond motifs is 1. The average molecular weight is 479 g/mol. The third-order valence-corrected chi connectivity index (χ3v) is 6.11. The molecule has 1 aliphatic heterocycles. The third-order valence-electron chi connectivity index (χ3n) is 4.17. The summed E-state index contributed by atoms with van der Waals surface area (Å²) in [5.74, 6) is -1.59. The Morgan fingerprint density at radius 1 is 1.13 bits per heavy atom. The summed E-state index contributed by atoms with van der Waals surface area (Å²) in [7, 11) is 0. The molecule has 0 aliphatic carbocycles. The zero-order chi connectivity index (χ0) is 21.4. The fourth-order valence-corrected chi connectivity index (χ4v) is 4.35. The summed E-state index contributed by atoms with van der Waals surface area (Å²) in [5, 5.41) is 13.9. The second-order valence-electron chi connectivity index (χ2n) is 6.12. The molecule has 1 aromatic heterocycles. The highest BCUT2D eigenvalue weighted by Gasteiger charge is 2.23. The summed E-state index contributed by atoms with van der Waals surface area (Å²) in [6.07, 6.45) is 2.86. The van der Waals surface area contributed by atoms with Crippen molar-refractivity contribution < 1.29 is 14.7 Å². The van der Waals surface area contributed by atoms with Crippen LogP contribution in [0.1, 0.15) is 15.9 Å². The van der Waals surface area contributed by atoms with Crippen molar-refractivity contribution >= 4 is 86.3 Å². The number of hydrogen-bond donors (Lipinski definition) is 2. The molecule has 0 unspecified atom stereocenters. The van der Waals surface area contributed by atoms with Gasteiger partial charge in [-0.3, -0.25) is 9.78 Å². The lowest BCUT2D eigenvalue weighted by Crippen LogP contribution is -2.05. The summed E-state index contributed by atoms with van der Waals surface area (Å²) >= 11 is 19.6. The maximum Gasteiger partial charge on any atom is 0.338 e. The number of carboxylic acid groups (broad SMARTS) is 1. The van der Waals surface area contributed by atoms with Crippen molar-refractivity contribution in [1.29, 1.82) is 0 Å². The molecular weight excluding hydrogens is 469 g/mol. The minimum Gasteiger partial charge on any atom is -0.478 e. The van der Waals surface area contributed by atoms with E-state index >= 15 is 0 Å². The Morgan fingerprint density at radius 3 is 2.57 bits per heavy atom. The van der Waals surface area contributed by atoms with Gasteiger partial charge in [0.1, 0.15) is 0 Å². The van der Waals surface area contributed by atoms with Crippen molar-refractivity contribution in [3.63, 3.8) is 0 Å². The first-order valence-electron chi connectivity index (χ1n) is 8.38. The van der Waals surface area contributed by atoms with Gasteiger partial charge in [-0.1, -0.05) is 46.9 Å². The number of hydrogen-bond acceptors (Lipinski definition) is 5. The number of carboxylic acids is 1. The molecule has 150 valence electrons. The van der Waals surface area contributed by atoms with Gasteiger partial charge in [-0.15, -0.1) is 0 Å². The molecule has 2 N–H and O–H groups in total. The minimum atomic E-state index is -1.16. The van der Waals surface area contributed by atoms with Crippen molar-refractivity contribution in [1.82, 2.24) is 4.98 Å². The van der Waals surface area contributed by atoms with E-state index in [0.717, 1.165) is 11.8 Å². The molecule has 0 spiro atoms. The molecule has 3 aromatic rings. The number of thioether (sulfide) groups is 1. The highest BCUT2D eigenvalue weighted by molar-refractivity contribution is 8.18. The van der Waals surface area contributed by atoms with Gasteiger partial charge in [0.2, 0.25) is 0 Å². The first-order chi connectivity index (χ1) is 14.3. The molecule has 0 fully saturated rings. The molecule has 0 saturated heterocycles. The lowest BCUT2D eigenvalue weighted by molar-refractivity contribution is -0.113. The fraction of sp³-hybridized carbons (Fsp3) is 0. The fourth-order valence-electron chi connectivity index (χ4n) is 2.75. The number of carbonyl (C=O) groups excluding carboxylic acids is 1. The number of aromatic carboxylic acids is 1. The van der Waals surface area contributed by atoms with E-state index in [4.69, 9.17) is 34.8 Å². The standard InChI is InChI=1S/C20H10Cl3N3O3S/c21-12-2-1-3-13(22)17(12)25-20-26-18(27)15(30-20)7-9-4-5-14-10(6-9)16(23)11(8-24-14)19(28)29/h1-8H,(H,28,29)(H,25,26,27).